The standard InChI is InChI=1S/C52H58N8.Mn/c1-5-29-57-33-13-9-17-45(57)49-37-21-23-39(53-37)50(46-18-10-14-34-58(46)30-6-2)41-25-27-43(55-41)52(48-20-12-16-36-60(48)32-8-4)44-28-26-42(56-44)51(40-24-22-38(49)54-40)47-19-11-15-35-59(47)31-7-3;/h9-28,33-36,45-48,53-54H,5-8,29-32H2,1-4H3;/q;+3. The monoisotopic (exact) mass is 849 g/mol. The Labute approximate surface area is 372 Å². The van der Waals surface area contributed by atoms with E-state index in [2.05, 4.69) is 204 Å². The van der Waals surface area contributed by atoms with Crippen LogP contribution in [0.3, 0.4) is 0 Å². The maximum Gasteiger partial charge on any atom is 3.00 e. The van der Waals surface area contributed by atoms with Crippen LogP contribution in [0.1, 0.15) is 123 Å². The molecule has 310 valence electrons. The van der Waals surface area contributed by atoms with Gasteiger partial charge in [-0.3, -0.25) is 0 Å². The first-order chi connectivity index (χ1) is 29.6. The molecule has 61 heavy (non-hydrogen) atoms. The minimum atomic E-state index is -0.0237. The number of hydrogen-bond acceptors (Lipinski definition) is 6. The molecule has 0 aromatic carbocycles. The number of rotatable bonds is 12. The van der Waals surface area contributed by atoms with E-state index >= 15 is 0 Å². The summed E-state index contributed by atoms with van der Waals surface area (Å²) in [6.07, 6.45) is 48.6. The molecule has 0 radical (unpaired) electrons. The summed E-state index contributed by atoms with van der Waals surface area (Å²) in [6.45, 7) is 12.8. The Morgan fingerprint density at radius 1 is 0.393 bits per heavy atom. The van der Waals surface area contributed by atoms with Crippen LogP contribution in [-0.2, 0) is 17.1 Å². The minimum Gasteiger partial charge on any atom is -0.367 e. The zero-order valence-electron chi connectivity index (χ0n) is 35.9. The number of nitrogens with zero attached hydrogens (tertiary/aromatic N) is 6. The minimum absolute atomic E-state index is 0. The summed E-state index contributed by atoms with van der Waals surface area (Å²) in [7, 11) is 0. The van der Waals surface area contributed by atoms with E-state index in [-0.39, 0.29) is 41.2 Å². The fraction of sp³-hybridized carbons (Fsp3) is 0.308. The predicted octanol–water partition coefficient (Wildman–Crippen LogP) is 12.0. The second kappa shape index (κ2) is 18.9. The molecule has 8 bridgehead atoms. The van der Waals surface area contributed by atoms with Crippen LogP contribution in [0.2, 0.25) is 0 Å². The van der Waals surface area contributed by atoms with Crippen molar-refractivity contribution in [3.05, 3.63) is 167 Å². The number of H-pyrrole nitrogens is 2. The Hall–Kier alpha value is -5.76. The average Bonchev–Trinajstić information content (AvgIpc) is 4.12. The fourth-order valence-corrected chi connectivity index (χ4v) is 9.61. The molecule has 4 unspecified atom stereocenters. The third-order valence-electron chi connectivity index (χ3n) is 12.2. The Balaban J connectivity index is 0.00000514. The van der Waals surface area contributed by atoms with Crippen LogP contribution in [-0.4, -0.2) is 65.7 Å². The summed E-state index contributed by atoms with van der Waals surface area (Å²) in [4.78, 5) is 29.1. The van der Waals surface area contributed by atoms with Crippen molar-refractivity contribution in [2.75, 3.05) is 26.2 Å². The maximum atomic E-state index is 5.63. The van der Waals surface area contributed by atoms with E-state index in [0.717, 1.165) is 113 Å². The zero-order valence-corrected chi connectivity index (χ0v) is 37.1. The quantitative estimate of drug-likeness (QED) is 0.122. The summed E-state index contributed by atoms with van der Waals surface area (Å²) < 4.78 is 0. The number of nitrogens with one attached hydrogen (secondary N) is 2. The molecular weight excluding hydrogens is 792 g/mol. The van der Waals surface area contributed by atoms with Crippen molar-refractivity contribution in [1.29, 1.82) is 0 Å². The van der Waals surface area contributed by atoms with Crippen LogP contribution in [0.4, 0.5) is 0 Å². The summed E-state index contributed by atoms with van der Waals surface area (Å²) in [5.74, 6) is 0. The fourth-order valence-electron chi connectivity index (χ4n) is 9.61. The Kier molecular flexibility index (Phi) is 13.0. The first-order valence-electron chi connectivity index (χ1n) is 22.2. The summed E-state index contributed by atoms with van der Waals surface area (Å²) in [5.41, 5.74) is 12.8. The molecule has 6 aliphatic rings. The summed E-state index contributed by atoms with van der Waals surface area (Å²) in [6, 6.07) is 9.11. The molecular formula is C52H58MnN8+3. The van der Waals surface area contributed by atoms with Gasteiger partial charge in [-0.15, -0.1) is 0 Å². The molecule has 0 saturated carbocycles. The normalized spacial score (nSPS) is 21.0. The van der Waals surface area contributed by atoms with Gasteiger partial charge in [0.15, 0.2) is 0 Å². The van der Waals surface area contributed by atoms with Crippen LogP contribution < -0.4 is 0 Å². The molecule has 9 rings (SSSR count). The van der Waals surface area contributed by atoms with E-state index in [9.17, 15) is 0 Å². The molecule has 9 heteroatoms. The molecule has 4 atom stereocenters. The molecule has 0 fully saturated rings. The van der Waals surface area contributed by atoms with Gasteiger partial charge in [0.05, 0.1) is 46.9 Å². The number of allylic oxidation sites excluding steroid dienone is 8. The average molecular weight is 850 g/mol. The van der Waals surface area contributed by atoms with Crippen molar-refractivity contribution in [3.8, 4) is 0 Å². The van der Waals surface area contributed by atoms with Crippen molar-refractivity contribution in [3.63, 3.8) is 0 Å². The number of hydrogen-bond donors (Lipinski definition) is 2. The molecule has 2 N–H and O–H groups in total. The van der Waals surface area contributed by atoms with Crippen LogP contribution in [0.25, 0.3) is 46.4 Å². The van der Waals surface area contributed by atoms with Gasteiger partial charge in [0.25, 0.3) is 0 Å². The molecule has 0 aliphatic carbocycles. The molecule has 0 saturated heterocycles. The molecule has 8 nitrogen and oxygen atoms in total. The van der Waals surface area contributed by atoms with Gasteiger partial charge in [0, 0.05) is 70.5 Å². The Bertz CT molecular complexity index is 2440. The van der Waals surface area contributed by atoms with Crippen LogP contribution >= 0.6 is 0 Å². The van der Waals surface area contributed by atoms with E-state index in [0.29, 0.717) is 0 Å². The van der Waals surface area contributed by atoms with E-state index in [1.165, 1.54) is 5.56 Å². The SMILES string of the molecule is CCCN1C=CC=CC1c1c2nc(c(C3C=CC=CN3CCC)c3ccc([nH]3)c(C3C=CC=CN3CCC)c3ccc([nH]3)c(C3C=CC=CN3CCC)c3nc1C=C3)C=C2.[Mn+3]. The van der Waals surface area contributed by atoms with E-state index in [1.54, 1.807) is 0 Å². The molecule has 9 heterocycles. The van der Waals surface area contributed by atoms with Crippen LogP contribution in [0.5, 0.6) is 0 Å². The third kappa shape index (κ3) is 8.21. The van der Waals surface area contributed by atoms with Gasteiger partial charge in [0.2, 0.25) is 0 Å². The predicted molar refractivity (Wildman–Crippen MR) is 251 cm³/mol. The first-order valence-corrected chi connectivity index (χ1v) is 22.2. The third-order valence-corrected chi connectivity index (χ3v) is 12.2. The Morgan fingerprint density at radius 3 is 1.00 bits per heavy atom. The Morgan fingerprint density at radius 2 is 0.672 bits per heavy atom. The second-order valence-electron chi connectivity index (χ2n) is 16.3. The molecule has 0 spiro atoms. The van der Waals surface area contributed by atoms with Crippen LogP contribution in [0.15, 0.2) is 122 Å². The van der Waals surface area contributed by atoms with Crippen molar-refractivity contribution >= 4 is 46.4 Å². The van der Waals surface area contributed by atoms with Gasteiger partial charge in [-0.2, -0.15) is 0 Å². The zero-order chi connectivity index (χ0) is 41.0. The van der Waals surface area contributed by atoms with Gasteiger partial charge in [-0.05, 0) is 123 Å². The van der Waals surface area contributed by atoms with Gasteiger partial charge in [-0.1, -0.05) is 76.3 Å². The van der Waals surface area contributed by atoms with Gasteiger partial charge in [-0.25, -0.2) is 9.97 Å². The molecule has 6 aliphatic heterocycles. The molecule has 3 aromatic heterocycles. The van der Waals surface area contributed by atoms with Crippen molar-refractivity contribution in [2.45, 2.75) is 77.5 Å². The van der Waals surface area contributed by atoms with Crippen molar-refractivity contribution < 1.29 is 17.1 Å². The molecule has 3 aromatic rings. The first kappa shape index (κ1) is 42.0. The van der Waals surface area contributed by atoms with Gasteiger partial charge >= 0.3 is 17.1 Å². The van der Waals surface area contributed by atoms with Crippen molar-refractivity contribution in [2.24, 2.45) is 0 Å². The molecule has 0 amide bonds. The maximum absolute atomic E-state index is 5.63. The van der Waals surface area contributed by atoms with Crippen LogP contribution in [0, 0.1) is 0 Å². The summed E-state index contributed by atoms with van der Waals surface area (Å²) >= 11 is 0. The van der Waals surface area contributed by atoms with Gasteiger partial charge < -0.3 is 29.6 Å². The van der Waals surface area contributed by atoms with E-state index in [4.69, 9.17) is 9.97 Å². The van der Waals surface area contributed by atoms with Crippen molar-refractivity contribution in [1.82, 2.24) is 39.5 Å². The van der Waals surface area contributed by atoms with E-state index < -0.39 is 0 Å². The second-order valence-corrected chi connectivity index (χ2v) is 16.3. The number of fused-ring (bicyclic) bond motifs is 8. The number of aromatic nitrogens is 4. The summed E-state index contributed by atoms with van der Waals surface area (Å²) in [5, 5.41) is 0. The topological polar surface area (TPSA) is 70.3 Å². The smallest absolute Gasteiger partial charge is 0.367 e. The number of aromatic amines is 2. The largest absolute Gasteiger partial charge is 3.00 e. The van der Waals surface area contributed by atoms with Gasteiger partial charge in [0.1, 0.15) is 0 Å². The van der Waals surface area contributed by atoms with E-state index in [1.807, 2.05) is 0 Å².